The van der Waals surface area contributed by atoms with E-state index in [2.05, 4.69) is 11.8 Å². The van der Waals surface area contributed by atoms with E-state index in [1.54, 1.807) is 12.1 Å². The number of ether oxygens (including phenoxy) is 2. The van der Waals surface area contributed by atoms with Crippen molar-refractivity contribution in [2.24, 2.45) is 5.92 Å². The van der Waals surface area contributed by atoms with Crippen LogP contribution in [0.5, 0.6) is 5.75 Å². The van der Waals surface area contributed by atoms with Gasteiger partial charge in [0.1, 0.15) is 11.6 Å². The lowest BCUT2D eigenvalue weighted by molar-refractivity contribution is 0.00983. The van der Waals surface area contributed by atoms with E-state index < -0.39 is 0 Å². The summed E-state index contributed by atoms with van der Waals surface area (Å²) in [6.45, 7) is 0.887. The number of benzene rings is 1. The second kappa shape index (κ2) is 7.37. The molecule has 19 heavy (non-hydrogen) atoms. The molecule has 1 aromatic rings. The maximum atomic E-state index is 13.7. The molecule has 1 saturated carbocycles. The first-order valence-corrected chi connectivity index (χ1v) is 6.88. The van der Waals surface area contributed by atoms with Crippen LogP contribution in [0.1, 0.15) is 24.8 Å². The molecule has 1 aliphatic carbocycles. The molecule has 0 aliphatic heterocycles. The Morgan fingerprint density at radius 1 is 1.37 bits per heavy atom. The van der Waals surface area contributed by atoms with Crippen LogP contribution in [0.3, 0.4) is 0 Å². The Hall–Kier alpha value is -1.24. The smallest absolute Gasteiger partial charge is 0.189 e. The lowest BCUT2D eigenvalue weighted by Gasteiger charge is -2.07. The minimum Gasteiger partial charge on any atom is -0.467 e. The van der Waals surface area contributed by atoms with Gasteiger partial charge >= 0.3 is 0 Å². The molecule has 1 aromatic carbocycles. The highest BCUT2D eigenvalue weighted by Gasteiger charge is 2.21. The van der Waals surface area contributed by atoms with Gasteiger partial charge in [-0.25, -0.2) is 4.39 Å². The van der Waals surface area contributed by atoms with E-state index in [4.69, 9.17) is 21.1 Å². The first kappa shape index (κ1) is 14.2. The van der Waals surface area contributed by atoms with Gasteiger partial charge in [0.2, 0.25) is 0 Å². The molecule has 0 amide bonds. The standard InChI is InChI=1S/C15H16ClFO2/c16-8-2-1-3-13-6-7-14(9-15(13)17)19-11-18-10-12-4-5-12/h6-7,9,12H,2,4-5,8,10-11H2. The largest absolute Gasteiger partial charge is 0.467 e. The van der Waals surface area contributed by atoms with Gasteiger partial charge in [0, 0.05) is 18.4 Å². The van der Waals surface area contributed by atoms with Crippen molar-refractivity contribution < 1.29 is 13.9 Å². The summed E-state index contributed by atoms with van der Waals surface area (Å²) in [7, 11) is 0. The Morgan fingerprint density at radius 3 is 2.89 bits per heavy atom. The molecule has 2 rings (SSSR count). The zero-order valence-corrected chi connectivity index (χ0v) is 11.4. The van der Waals surface area contributed by atoms with Crippen LogP contribution in [0.4, 0.5) is 4.39 Å². The van der Waals surface area contributed by atoms with Gasteiger partial charge in [-0.2, -0.15) is 0 Å². The summed E-state index contributed by atoms with van der Waals surface area (Å²) in [5.41, 5.74) is 0.358. The number of hydrogen-bond donors (Lipinski definition) is 0. The Kier molecular flexibility index (Phi) is 5.50. The van der Waals surface area contributed by atoms with Crippen LogP contribution < -0.4 is 4.74 Å². The molecule has 0 aromatic heterocycles. The zero-order valence-electron chi connectivity index (χ0n) is 10.6. The van der Waals surface area contributed by atoms with Crippen molar-refractivity contribution in [1.29, 1.82) is 0 Å². The van der Waals surface area contributed by atoms with Gasteiger partial charge in [-0.05, 0) is 30.9 Å². The topological polar surface area (TPSA) is 18.5 Å². The molecule has 1 aliphatic rings. The molecule has 0 unspecified atom stereocenters. The van der Waals surface area contributed by atoms with Crippen molar-refractivity contribution in [3.8, 4) is 17.6 Å². The third-order valence-electron chi connectivity index (χ3n) is 2.74. The molecule has 0 radical (unpaired) electrons. The highest BCUT2D eigenvalue weighted by atomic mass is 35.5. The Balaban J connectivity index is 1.81. The van der Waals surface area contributed by atoms with Crippen LogP contribution in [0, 0.1) is 23.6 Å². The molecule has 0 N–H and O–H groups in total. The molecule has 0 bridgehead atoms. The van der Waals surface area contributed by atoms with E-state index in [-0.39, 0.29) is 12.6 Å². The molecule has 0 atom stereocenters. The van der Waals surface area contributed by atoms with Gasteiger partial charge in [-0.3, -0.25) is 0 Å². The van der Waals surface area contributed by atoms with Crippen LogP contribution >= 0.6 is 11.6 Å². The average Bonchev–Trinajstić information content (AvgIpc) is 3.21. The van der Waals surface area contributed by atoms with Gasteiger partial charge in [0.25, 0.3) is 0 Å². The summed E-state index contributed by atoms with van der Waals surface area (Å²) in [5, 5.41) is 0. The van der Waals surface area contributed by atoms with E-state index in [1.807, 2.05) is 0 Å². The summed E-state index contributed by atoms with van der Waals surface area (Å²) in [6.07, 6.45) is 3.03. The van der Waals surface area contributed by atoms with E-state index in [0.717, 1.165) is 6.61 Å². The Morgan fingerprint density at radius 2 is 2.21 bits per heavy atom. The van der Waals surface area contributed by atoms with Crippen molar-refractivity contribution in [2.45, 2.75) is 19.3 Å². The maximum Gasteiger partial charge on any atom is 0.189 e. The summed E-state index contributed by atoms with van der Waals surface area (Å²) < 4.78 is 24.3. The quantitative estimate of drug-likeness (QED) is 0.344. The molecular formula is C15H16ClFO2. The lowest BCUT2D eigenvalue weighted by atomic mass is 10.2. The zero-order chi connectivity index (χ0) is 13.5. The number of rotatable bonds is 6. The minimum absolute atomic E-state index is 0.160. The van der Waals surface area contributed by atoms with E-state index in [9.17, 15) is 4.39 Å². The first-order valence-electron chi connectivity index (χ1n) is 6.34. The third kappa shape index (κ3) is 5.10. The van der Waals surface area contributed by atoms with Gasteiger partial charge in [-0.1, -0.05) is 11.8 Å². The molecule has 0 saturated heterocycles. The van der Waals surface area contributed by atoms with Crippen LogP contribution in [0.15, 0.2) is 18.2 Å². The normalized spacial score (nSPS) is 13.8. The van der Waals surface area contributed by atoms with Crippen LogP contribution in [-0.2, 0) is 4.74 Å². The third-order valence-corrected chi connectivity index (χ3v) is 2.93. The van der Waals surface area contributed by atoms with Crippen LogP contribution in [0.2, 0.25) is 0 Å². The SMILES string of the molecule is Fc1cc(OCOCC2CC2)ccc1C#CCCCl. The fraction of sp³-hybridized carbons (Fsp3) is 0.467. The Labute approximate surface area is 117 Å². The molecular weight excluding hydrogens is 267 g/mol. The predicted molar refractivity (Wildman–Crippen MR) is 72.8 cm³/mol. The van der Waals surface area contributed by atoms with Crippen molar-refractivity contribution >= 4 is 11.6 Å². The van der Waals surface area contributed by atoms with Gasteiger partial charge in [0.15, 0.2) is 6.79 Å². The van der Waals surface area contributed by atoms with E-state index in [0.29, 0.717) is 29.5 Å². The summed E-state index contributed by atoms with van der Waals surface area (Å²) >= 11 is 5.50. The second-order valence-electron chi connectivity index (χ2n) is 4.46. The minimum atomic E-state index is -0.387. The summed E-state index contributed by atoms with van der Waals surface area (Å²) in [4.78, 5) is 0. The van der Waals surface area contributed by atoms with Gasteiger partial charge in [0.05, 0.1) is 12.2 Å². The summed E-state index contributed by atoms with van der Waals surface area (Å²) in [6, 6.07) is 4.62. The average molecular weight is 283 g/mol. The second-order valence-corrected chi connectivity index (χ2v) is 4.84. The predicted octanol–water partition coefficient (Wildman–Crippen LogP) is 3.57. The molecule has 0 spiro atoms. The van der Waals surface area contributed by atoms with Crippen molar-refractivity contribution in [2.75, 3.05) is 19.3 Å². The van der Waals surface area contributed by atoms with Gasteiger partial charge < -0.3 is 9.47 Å². The molecule has 4 heteroatoms. The van der Waals surface area contributed by atoms with E-state index >= 15 is 0 Å². The van der Waals surface area contributed by atoms with Crippen molar-refractivity contribution in [3.05, 3.63) is 29.6 Å². The first-order chi connectivity index (χ1) is 9.29. The molecule has 1 fully saturated rings. The molecule has 2 nitrogen and oxygen atoms in total. The van der Waals surface area contributed by atoms with E-state index in [1.165, 1.54) is 18.9 Å². The molecule has 0 heterocycles. The van der Waals surface area contributed by atoms with Crippen molar-refractivity contribution in [1.82, 2.24) is 0 Å². The fourth-order valence-electron chi connectivity index (χ4n) is 1.50. The Bertz CT molecular complexity index is 475. The lowest BCUT2D eigenvalue weighted by Crippen LogP contribution is -2.05. The van der Waals surface area contributed by atoms with Crippen LogP contribution in [-0.4, -0.2) is 19.3 Å². The van der Waals surface area contributed by atoms with Gasteiger partial charge in [-0.15, -0.1) is 11.6 Å². The monoisotopic (exact) mass is 282 g/mol. The maximum absolute atomic E-state index is 13.7. The number of hydrogen-bond acceptors (Lipinski definition) is 2. The van der Waals surface area contributed by atoms with Crippen molar-refractivity contribution in [3.63, 3.8) is 0 Å². The summed E-state index contributed by atoms with van der Waals surface area (Å²) in [5.74, 6) is 6.75. The molecule has 102 valence electrons. The fourth-order valence-corrected chi connectivity index (χ4v) is 1.60. The number of alkyl halides is 1. The van der Waals surface area contributed by atoms with Crippen LogP contribution in [0.25, 0.3) is 0 Å². The highest BCUT2D eigenvalue weighted by Crippen LogP contribution is 2.28. The highest BCUT2D eigenvalue weighted by molar-refractivity contribution is 6.18. The number of halogens is 2.